The molecule has 0 aliphatic heterocycles. The van der Waals surface area contributed by atoms with Crippen LogP contribution in [0.15, 0.2) is 30.3 Å². The van der Waals surface area contributed by atoms with Crippen LogP contribution in [0.2, 0.25) is 0 Å². The zero-order chi connectivity index (χ0) is 15.9. The van der Waals surface area contributed by atoms with Crippen molar-refractivity contribution in [2.45, 2.75) is 0 Å². The fourth-order valence-corrected chi connectivity index (χ4v) is 1.60. The second-order valence-corrected chi connectivity index (χ2v) is 4.36. The lowest BCUT2D eigenvalue weighted by Crippen LogP contribution is -2.25. The summed E-state index contributed by atoms with van der Waals surface area (Å²) >= 11 is 0. The van der Waals surface area contributed by atoms with Gasteiger partial charge in [-0.3, -0.25) is 0 Å². The topological polar surface area (TPSA) is 89.1 Å². The number of para-hydroxylation sites is 1. The van der Waals surface area contributed by atoms with Crippen LogP contribution in [0.5, 0.6) is 0 Å². The van der Waals surface area contributed by atoms with Gasteiger partial charge >= 0.3 is 6.09 Å². The van der Waals surface area contributed by atoms with Gasteiger partial charge in [0, 0.05) is 18.8 Å². The molecule has 0 fully saturated rings. The summed E-state index contributed by atoms with van der Waals surface area (Å²) in [6.07, 6.45) is -1.04. The lowest BCUT2D eigenvalue weighted by molar-refractivity contribution is 0.0171. The molecule has 1 aromatic rings. The van der Waals surface area contributed by atoms with E-state index in [1.54, 1.807) is 0 Å². The molecule has 0 bridgehead atoms. The summed E-state index contributed by atoms with van der Waals surface area (Å²) in [5.74, 6) is 0. The number of anilines is 1. The smallest absolute Gasteiger partial charge is 0.404 e. The molecule has 0 unspecified atom stereocenters. The van der Waals surface area contributed by atoms with E-state index in [2.05, 4.69) is 10.6 Å². The summed E-state index contributed by atoms with van der Waals surface area (Å²) in [6.45, 7) is 3.97. The zero-order valence-corrected chi connectivity index (χ0v) is 12.6. The van der Waals surface area contributed by atoms with Crippen molar-refractivity contribution in [1.82, 2.24) is 5.32 Å². The highest BCUT2D eigenvalue weighted by Gasteiger charge is 1.94. The molecule has 0 saturated heterocycles. The second kappa shape index (κ2) is 12.9. The molecule has 0 atom stereocenters. The van der Waals surface area contributed by atoms with Crippen LogP contribution >= 0.6 is 0 Å². The largest absolute Gasteiger partial charge is 0.465 e. The Morgan fingerprint density at radius 2 is 1.41 bits per heavy atom. The van der Waals surface area contributed by atoms with E-state index in [-0.39, 0.29) is 6.54 Å². The van der Waals surface area contributed by atoms with E-state index in [0.717, 1.165) is 12.2 Å². The van der Waals surface area contributed by atoms with Crippen LogP contribution in [0.1, 0.15) is 0 Å². The molecule has 1 aromatic carbocycles. The van der Waals surface area contributed by atoms with Crippen molar-refractivity contribution < 1.29 is 24.1 Å². The lowest BCUT2D eigenvalue weighted by atomic mass is 10.3. The summed E-state index contributed by atoms with van der Waals surface area (Å²) in [5, 5.41) is 13.8. The number of carboxylic acid groups (broad SMARTS) is 1. The third kappa shape index (κ3) is 10.9. The molecule has 0 saturated carbocycles. The summed E-state index contributed by atoms with van der Waals surface area (Å²) in [4.78, 5) is 10.2. The van der Waals surface area contributed by atoms with Gasteiger partial charge in [0.25, 0.3) is 0 Å². The molecule has 1 rings (SSSR count). The number of rotatable bonds is 13. The second-order valence-electron chi connectivity index (χ2n) is 4.36. The van der Waals surface area contributed by atoms with Crippen LogP contribution in [0.25, 0.3) is 0 Å². The first-order valence-corrected chi connectivity index (χ1v) is 7.28. The minimum atomic E-state index is -1.04. The monoisotopic (exact) mass is 312 g/mol. The predicted octanol–water partition coefficient (Wildman–Crippen LogP) is 1.42. The van der Waals surface area contributed by atoms with Gasteiger partial charge < -0.3 is 30.0 Å². The normalized spacial score (nSPS) is 10.4. The number of carbonyl (C=O) groups is 1. The van der Waals surface area contributed by atoms with Gasteiger partial charge in [-0.1, -0.05) is 18.2 Å². The summed E-state index contributed by atoms with van der Waals surface area (Å²) in [5.41, 5.74) is 1.08. The molecular weight excluding hydrogens is 288 g/mol. The standard InChI is InChI=1S/C15H24N2O5/c18-15(19)17-7-9-21-11-13-22-12-10-20-8-6-16-14-4-2-1-3-5-14/h1-5,16-17H,6-13H2,(H,18,19). The average molecular weight is 312 g/mol. The summed E-state index contributed by atoms with van der Waals surface area (Å²) in [7, 11) is 0. The highest BCUT2D eigenvalue weighted by Crippen LogP contribution is 2.03. The first-order valence-electron chi connectivity index (χ1n) is 7.28. The van der Waals surface area contributed by atoms with Crippen molar-refractivity contribution in [3.8, 4) is 0 Å². The molecule has 22 heavy (non-hydrogen) atoms. The van der Waals surface area contributed by atoms with Gasteiger partial charge in [-0.25, -0.2) is 4.79 Å². The van der Waals surface area contributed by atoms with Crippen LogP contribution in [-0.4, -0.2) is 63.9 Å². The molecule has 0 aromatic heterocycles. The number of benzene rings is 1. The third-order valence-electron chi connectivity index (χ3n) is 2.62. The Labute approximate surface area is 130 Å². The maximum absolute atomic E-state index is 10.2. The molecular formula is C15H24N2O5. The van der Waals surface area contributed by atoms with Gasteiger partial charge in [-0.15, -0.1) is 0 Å². The molecule has 7 nitrogen and oxygen atoms in total. The Morgan fingerprint density at radius 3 is 2.00 bits per heavy atom. The third-order valence-corrected chi connectivity index (χ3v) is 2.62. The van der Waals surface area contributed by atoms with Crippen LogP contribution in [0, 0.1) is 0 Å². The molecule has 124 valence electrons. The minimum absolute atomic E-state index is 0.285. The van der Waals surface area contributed by atoms with Crippen LogP contribution in [-0.2, 0) is 14.2 Å². The SMILES string of the molecule is O=C(O)NCCOCCOCCOCCNc1ccccc1. The highest BCUT2D eigenvalue weighted by atomic mass is 16.5. The van der Waals surface area contributed by atoms with E-state index in [4.69, 9.17) is 19.3 Å². The maximum Gasteiger partial charge on any atom is 0.404 e. The van der Waals surface area contributed by atoms with Crippen molar-refractivity contribution >= 4 is 11.8 Å². The highest BCUT2D eigenvalue weighted by molar-refractivity contribution is 5.64. The van der Waals surface area contributed by atoms with Crippen molar-refractivity contribution in [1.29, 1.82) is 0 Å². The summed E-state index contributed by atoms with van der Waals surface area (Å²) < 4.78 is 15.9. The minimum Gasteiger partial charge on any atom is -0.465 e. The zero-order valence-electron chi connectivity index (χ0n) is 12.6. The fourth-order valence-electron chi connectivity index (χ4n) is 1.60. The van der Waals surface area contributed by atoms with E-state index in [1.165, 1.54) is 0 Å². The van der Waals surface area contributed by atoms with E-state index < -0.39 is 6.09 Å². The lowest BCUT2D eigenvalue weighted by Gasteiger charge is -2.08. The first kappa shape index (κ1) is 18.2. The number of hydrogen-bond donors (Lipinski definition) is 3. The first-order chi connectivity index (χ1) is 10.8. The average Bonchev–Trinajstić information content (AvgIpc) is 2.52. The summed E-state index contributed by atoms with van der Waals surface area (Å²) in [6, 6.07) is 9.96. The van der Waals surface area contributed by atoms with Gasteiger partial charge in [0.2, 0.25) is 0 Å². The van der Waals surface area contributed by atoms with E-state index in [0.29, 0.717) is 39.6 Å². The number of hydrogen-bond acceptors (Lipinski definition) is 5. The molecule has 7 heteroatoms. The molecule has 0 aliphatic rings. The number of amides is 1. The Balaban J connectivity index is 1.76. The van der Waals surface area contributed by atoms with Crippen LogP contribution in [0.3, 0.4) is 0 Å². The van der Waals surface area contributed by atoms with Crippen molar-refractivity contribution in [2.24, 2.45) is 0 Å². The Bertz CT molecular complexity index is 389. The fraction of sp³-hybridized carbons (Fsp3) is 0.533. The Kier molecular flexibility index (Phi) is 10.7. The van der Waals surface area contributed by atoms with Crippen LogP contribution in [0.4, 0.5) is 10.5 Å². The van der Waals surface area contributed by atoms with E-state index in [1.807, 2.05) is 30.3 Å². The molecule has 3 N–H and O–H groups in total. The van der Waals surface area contributed by atoms with Crippen LogP contribution < -0.4 is 10.6 Å². The van der Waals surface area contributed by atoms with Crippen molar-refractivity contribution in [2.75, 3.05) is 58.0 Å². The van der Waals surface area contributed by atoms with E-state index >= 15 is 0 Å². The maximum atomic E-state index is 10.2. The molecule has 0 spiro atoms. The van der Waals surface area contributed by atoms with Gasteiger partial charge in [0.1, 0.15) is 0 Å². The van der Waals surface area contributed by atoms with Crippen molar-refractivity contribution in [3.63, 3.8) is 0 Å². The molecule has 0 aliphatic carbocycles. The number of nitrogens with one attached hydrogen (secondary N) is 2. The van der Waals surface area contributed by atoms with E-state index in [9.17, 15) is 4.79 Å². The van der Waals surface area contributed by atoms with Gasteiger partial charge in [0.15, 0.2) is 0 Å². The molecule has 1 amide bonds. The van der Waals surface area contributed by atoms with Gasteiger partial charge in [-0.2, -0.15) is 0 Å². The predicted molar refractivity (Wildman–Crippen MR) is 83.4 cm³/mol. The van der Waals surface area contributed by atoms with Gasteiger partial charge in [0.05, 0.1) is 39.6 Å². The Hall–Kier alpha value is -1.83. The quantitative estimate of drug-likeness (QED) is 0.477. The number of ether oxygens (including phenoxy) is 3. The Morgan fingerprint density at radius 1 is 0.864 bits per heavy atom. The van der Waals surface area contributed by atoms with Crippen molar-refractivity contribution in [3.05, 3.63) is 30.3 Å². The molecule has 0 radical (unpaired) electrons. The van der Waals surface area contributed by atoms with Gasteiger partial charge in [-0.05, 0) is 12.1 Å². The molecule has 0 heterocycles.